The molecule has 2 N–H and O–H groups in total. The summed E-state index contributed by atoms with van der Waals surface area (Å²) in [5, 5.41) is 12.5. The average Bonchev–Trinajstić information content (AvgIpc) is 2.19. The van der Waals surface area contributed by atoms with E-state index < -0.39 is 0 Å². The highest BCUT2D eigenvalue weighted by Crippen LogP contribution is 2.26. The summed E-state index contributed by atoms with van der Waals surface area (Å²) in [6, 6.07) is 4.19. The monoisotopic (exact) mass is 192 g/mol. The second-order valence-electron chi connectivity index (χ2n) is 4.05. The number of pyridine rings is 1. The molecule has 3 heteroatoms. The molecule has 14 heavy (non-hydrogen) atoms. The average molecular weight is 192 g/mol. The van der Waals surface area contributed by atoms with Crippen LogP contribution in [0.25, 0.3) is 0 Å². The van der Waals surface area contributed by atoms with Crippen LogP contribution in [0, 0.1) is 5.92 Å². The van der Waals surface area contributed by atoms with E-state index in [1.54, 1.807) is 6.07 Å². The van der Waals surface area contributed by atoms with Crippen LogP contribution in [0.2, 0.25) is 0 Å². The van der Waals surface area contributed by atoms with Gasteiger partial charge >= 0.3 is 0 Å². The zero-order valence-electron chi connectivity index (χ0n) is 8.40. The Balaban J connectivity index is 1.83. The van der Waals surface area contributed by atoms with Gasteiger partial charge in [0.05, 0.1) is 11.9 Å². The molecule has 3 nitrogen and oxygen atoms in total. The van der Waals surface area contributed by atoms with Crippen molar-refractivity contribution in [3.8, 4) is 5.75 Å². The maximum Gasteiger partial charge on any atom is 0.133 e. The van der Waals surface area contributed by atoms with Crippen LogP contribution in [0.5, 0.6) is 5.75 Å². The normalized spacial score (nSPS) is 25.8. The molecule has 2 unspecified atom stereocenters. The van der Waals surface area contributed by atoms with Crippen molar-refractivity contribution in [3.63, 3.8) is 0 Å². The Labute approximate surface area is 84.2 Å². The number of aromatic hydroxyl groups is 1. The molecule has 0 aliphatic heterocycles. The van der Waals surface area contributed by atoms with Crippen LogP contribution < -0.4 is 5.32 Å². The van der Waals surface area contributed by atoms with E-state index in [1.165, 1.54) is 19.0 Å². The topological polar surface area (TPSA) is 45.1 Å². The lowest BCUT2D eigenvalue weighted by Crippen LogP contribution is -2.42. The standard InChI is InChI=1S/C11H16N2O/c1-8-2-5-11(8)13-6-9-3-4-10(14)7-12-9/h3-4,7-8,11,13-14H,2,5-6H2,1H3. The number of hydrogen-bond donors (Lipinski definition) is 2. The Morgan fingerprint density at radius 3 is 2.86 bits per heavy atom. The molecule has 1 aliphatic rings. The predicted molar refractivity (Wildman–Crippen MR) is 54.9 cm³/mol. The maximum absolute atomic E-state index is 9.05. The smallest absolute Gasteiger partial charge is 0.133 e. The van der Waals surface area contributed by atoms with Crippen molar-refractivity contribution in [2.24, 2.45) is 5.92 Å². The van der Waals surface area contributed by atoms with Gasteiger partial charge in [-0.15, -0.1) is 0 Å². The second kappa shape index (κ2) is 3.96. The van der Waals surface area contributed by atoms with Crippen molar-refractivity contribution in [2.45, 2.75) is 32.4 Å². The highest BCUT2D eigenvalue weighted by atomic mass is 16.3. The first-order valence-corrected chi connectivity index (χ1v) is 5.13. The van der Waals surface area contributed by atoms with Crippen molar-refractivity contribution < 1.29 is 5.11 Å². The van der Waals surface area contributed by atoms with Gasteiger partial charge in [-0.05, 0) is 30.9 Å². The summed E-state index contributed by atoms with van der Waals surface area (Å²) in [5.41, 5.74) is 0.988. The molecule has 1 aromatic heterocycles. The quantitative estimate of drug-likeness (QED) is 0.765. The minimum atomic E-state index is 0.228. The lowest BCUT2D eigenvalue weighted by molar-refractivity contribution is 0.227. The Morgan fingerprint density at radius 2 is 2.36 bits per heavy atom. The molecule has 1 aromatic rings. The van der Waals surface area contributed by atoms with Crippen LogP contribution in [0.3, 0.4) is 0 Å². The molecule has 0 amide bonds. The molecule has 0 aromatic carbocycles. The van der Waals surface area contributed by atoms with Gasteiger partial charge in [-0.1, -0.05) is 6.92 Å². The number of nitrogens with zero attached hydrogens (tertiary/aromatic N) is 1. The van der Waals surface area contributed by atoms with E-state index in [-0.39, 0.29) is 5.75 Å². The summed E-state index contributed by atoms with van der Waals surface area (Å²) >= 11 is 0. The summed E-state index contributed by atoms with van der Waals surface area (Å²) in [6.45, 7) is 3.07. The van der Waals surface area contributed by atoms with Crippen LogP contribution >= 0.6 is 0 Å². The van der Waals surface area contributed by atoms with E-state index >= 15 is 0 Å². The molecule has 1 heterocycles. The van der Waals surface area contributed by atoms with E-state index in [2.05, 4.69) is 17.2 Å². The first kappa shape index (κ1) is 9.46. The van der Waals surface area contributed by atoms with E-state index in [0.29, 0.717) is 6.04 Å². The van der Waals surface area contributed by atoms with Gasteiger partial charge in [-0.25, -0.2) is 0 Å². The maximum atomic E-state index is 9.05. The zero-order valence-corrected chi connectivity index (χ0v) is 8.40. The zero-order chi connectivity index (χ0) is 9.97. The van der Waals surface area contributed by atoms with Crippen molar-refractivity contribution in [2.75, 3.05) is 0 Å². The van der Waals surface area contributed by atoms with Crippen LogP contribution in [-0.2, 0) is 6.54 Å². The van der Waals surface area contributed by atoms with Gasteiger partial charge in [0, 0.05) is 12.6 Å². The molecule has 1 saturated carbocycles. The molecular weight excluding hydrogens is 176 g/mol. The number of nitrogens with one attached hydrogen (secondary N) is 1. The highest BCUT2D eigenvalue weighted by Gasteiger charge is 2.25. The summed E-state index contributed by atoms with van der Waals surface area (Å²) in [5.74, 6) is 1.03. The molecular formula is C11H16N2O. The third kappa shape index (κ3) is 2.04. The third-order valence-corrected chi connectivity index (χ3v) is 2.97. The first-order chi connectivity index (χ1) is 6.75. The molecule has 0 spiro atoms. The molecule has 1 aliphatic carbocycles. The van der Waals surface area contributed by atoms with Gasteiger partial charge in [-0.3, -0.25) is 4.98 Å². The van der Waals surface area contributed by atoms with Gasteiger partial charge in [0.2, 0.25) is 0 Å². The third-order valence-electron chi connectivity index (χ3n) is 2.97. The summed E-state index contributed by atoms with van der Waals surface area (Å²) in [6.07, 6.45) is 4.10. The van der Waals surface area contributed by atoms with E-state index in [4.69, 9.17) is 5.11 Å². The summed E-state index contributed by atoms with van der Waals surface area (Å²) in [7, 11) is 0. The fourth-order valence-corrected chi connectivity index (χ4v) is 1.73. The lowest BCUT2D eigenvalue weighted by Gasteiger charge is -2.34. The van der Waals surface area contributed by atoms with Crippen LogP contribution in [0.1, 0.15) is 25.5 Å². The molecule has 76 valence electrons. The van der Waals surface area contributed by atoms with Crippen molar-refractivity contribution in [1.29, 1.82) is 0 Å². The fraction of sp³-hybridized carbons (Fsp3) is 0.545. The molecule has 1 fully saturated rings. The molecule has 0 radical (unpaired) electrons. The highest BCUT2D eigenvalue weighted by molar-refractivity contribution is 5.17. The predicted octanol–water partition coefficient (Wildman–Crippen LogP) is 1.68. The lowest BCUT2D eigenvalue weighted by atomic mass is 9.81. The minimum Gasteiger partial charge on any atom is -0.506 e. The molecule has 0 bridgehead atoms. The number of rotatable bonds is 3. The van der Waals surface area contributed by atoms with Crippen molar-refractivity contribution in [3.05, 3.63) is 24.0 Å². The van der Waals surface area contributed by atoms with Crippen molar-refractivity contribution >= 4 is 0 Å². The number of hydrogen-bond acceptors (Lipinski definition) is 3. The molecule has 0 saturated heterocycles. The van der Waals surface area contributed by atoms with Crippen LogP contribution in [0.15, 0.2) is 18.3 Å². The van der Waals surface area contributed by atoms with Gasteiger partial charge in [0.1, 0.15) is 5.75 Å². The van der Waals surface area contributed by atoms with E-state index in [0.717, 1.165) is 18.2 Å². The Bertz CT molecular complexity index is 297. The summed E-state index contributed by atoms with van der Waals surface area (Å²) < 4.78 is 0. The van der Waals surface area contributed by atoms with Crippen LogP contribution in [0.4, 0.5) is 0 Å². The SMILES string of the molecule is CC1CCC1NCc1ccc(O)cn1. The number of aromatic nitrogens is 1. The Morgan fingerprint density at radius 1 is 1.50 bits per heavy atom. The summed E-state index contributed by atoms with van der Waals surface area (Å²) in [4.78, 5) is 4.12. The largest absolute Gasteiger partial charge is 0.506 e. The van der Waals surface area contributed by atoms with Gasteiger partial charge in [0.15, 0.2) is 0 Å². The van der Waals surface area contributed by atoms with Gasteiger partial charge in [-0.2, -0.15) is 0 Å². The van der Waals surface area contributed by atoms with Crippen LogP contribution in [-0.4, -0.2) is 16.1 Å². The van der Waals surface area contributed by atoms with Gasteiger partial charge < -0.3 is 10.4 Å². The molecule has 2 atom stereocenters. The van der Waals surface area contributed by atoms with Crippen molar-refractivity contribution in [1.82, 2.24) is 10.3 Å². The minimum absolute atomic E-state index is 0.228. The Kier molecular flexibility index (Phi) is 2.68. The van der Waals surface area contributed by atoms with E-state index in [1.807, 2.05) is 6.07 Å². The molecule has 2 rings (SSSR count). The van der Waals surface area contributed by atoms with E-state index in [9.17, 15) is 0 Å². The van der Waals surface area contributed by atoms with Gasteiger partial charge in [0.25, 0.3) is 0 Å². The Hall–Kier alpha value is -1.09. The first-order valence-electron chi connectivity index (χ1n) is 5.13. The second-order valence-corrected chi connectivity index (χ2v) is 4.05. The fourth-order valence-electron chi connectivity index (χ4n) is 1.73.